The zero-order valence-corrected chi connectivity index (χ0v) is 18.6. The van der Waals surface area contributed by atoms with Crippen LogP contribution in [-0.2, 0) is 14.7 Å². The van der Waals surface area contributed by atoms with Crippen molar-refractivity contribution >= 4 is 39.3 Å². The summed E-state index contributed by atoms with van der Waals surface area (Å²) in [6.07, 6.45) is 1.33. The van der Waals surface area contributed by atoms with Crippen molar-refractivity contribution in [2.45, 2.75) is 32.2 Å². The fraction of sp³-hybridized carbons (Fsp3) is 0.350. The van der Waals surface area contributed by atoms with Crippen molar-refractivity contribution in [2.24, 2.45) is 11.8 Å². The molecule has 1 nitrogen and oxygen atoms in total. The molecule has 0 radical (unpaired) electrons. The number of rotatable bonds is 1. The Morgan fingerprint density at radius 1 is 0.920 bits per heavy atom. The maximum absolute atomic E-state index is 4.97. The molecule has 0 saturated heterocycles. The van der Waals surface area contributed by atoms with E-state index in [1.165, 1.54) is 17.8 Å². The molecule has 134 valence electrons. The van der Waals surface area contributed by atoms with Crippen molar-refractivity contribution in [1.82, 2.24) is 0 Å². The molecule has 0 amide bonds. The normalized spacial score (nSPS) is 26.0. The van der Waals surface area contributed by atoms with Crippen LogP contribution < -0.4 is 4.90 Å². The van der Waals surface area contributed by atoms with E-state index in [2.05, 4.69) is 73.3 Å². The van der Waals surface area contributed by atoms with Crippen molar-refractivity contribution in [3.05, 3.63) is 67.6 Å². The molecule has 1 saturated carbocycles. The fourth-order valence-corrected chi connectivity index (χ4v) is 4.26. The van der Waals surface area contributed by atoms with Crippen LogP contribution >= 0.6 is 27.9 Å². The summed E-state index contributed by atoms with van der Waals surface area (Å²) in [5, 5.41) is 0. The molecule has 4 atom stereocenters. The average molecular weight is 433 g/mol. The number of halogens is 3. The number of para-hydroxylation sites is 2. The van der Waals surface area contributed by atoms with Gasteiger partial charge < -0.3 is 12.3 Å². The molecule has 0 N–H and O–H groups in total. The van der Waals surface area contributed by atoms with Crippen LogP contribution in [0.4, 0.5) is 11.4 Å². The van der Waals surface area contributed by atoms with Gasteiger partial charge >= 0.3 is 42.6 Å². The van der Waals surface area contributed by atoms with Crippen LogP contribution in [0, 0.1) is 19.3 Å². The molecule has 1 fully saturated rings. The van der Waals surface area contributed by atoms with Gasteiger partial charge in [-0.15, -0.1) is 0 Å². The molecule has 2 aromatic rings. The van der Waals surface area contributed by atoms with E-state index < -0.39 is 14.7 Å². The Morgan fingerprint density at radius 3 is 2.12 bits per heavy atom. The van der Waals surface area contributed by atoms with Gasteiger partial charge in [0, 0.05) is 23.3 Å². The summed E-state index contributed by atoms with van der Waals surface area (Å²) in [4.78, 5) is 2.59. The monoisotopic (exact) mass is 431 g/mol. The number of hydrogen-bond donors (Lipinski definition) is 0. The molecule has 5 heteroatoms. The molecule has 1 aliphatic carbocycles. The maximum atomic E-state index is 4.97. The summed E-state index contributed by atoms with van der Waals surface area (Å²) in [5.41, 5.74) is 4.32. The van der Waals surface area contributed by atoms with E-state index in [0.717, 1.165) is 11.8 Å². The molecule has 0 aromatic heterocycles. The predicted molar refractivity (Wildman–Crippen MR) is 108 cm³/mol. The van der Waals surface area contributed by atoms with Crippen LogP contribution in [0.15, 0.2) is 54.6 Å². The number of anilines is 2. The van der Waals surface area contributed by atoms with Crippen LogP contribution in [-0.4, -0.2) is 6.04 Å². The number of hydrogen-bond acceptors (Lipinski definition) is 1. The van der Waals surface area contributed by atoms with Crippen LogP contribution in [0.3, 0.4) is 0 Å². The molecule has 4 unspecified atom stereocenters. The van der Waals surface area contributed by atoms with Gasteiger partial charge in [-0.25, -0.2) is 0 Å². The quantitative estimate of drug-likeness (QED) is 0.333. The second-order valence-corrected chi connectivity index (χ2v) is 14.4. The summed E-state index contributed by atoms with van der Waals surface area (Å²) in [6.45, 7) is 4.84. The zero-order chi connectivity index (χ0) is 17.3. The molecule has 0 bridgehead atoms. The van der Waals surface area contributed by atoms with E-state index >= 15 is 0 Å². The minimum absolute atomic E-state index is 0. The first-order chi connectivity index (χ1) is 11.5. The van der Waals surface area contributed by atoms with Crippen molar-refractivity contribution in [1.29, 1.82) is 0 Å². The summed E-state index contributed by atoms with van der Waals surface area (Å²) in [6, 6.07) is 20.5. The second kappa shape index (κ2) is 9.15. The van der Waals surface area contributed by atoms with Crippen molar-refractivity contribution in [3.63, 3.8) is 0 Å². The fourth-order valence-electron chi connectivity index (χ4n) is 4.26. The van der Waals surface area contributed by atoms with E-state index in [1.54, 1.807) is 5.56 Å². The van der Waals surface area contributed by atoms with Gasteiger partial charge in [0.2, 0.25) is 0 Å². The van der Waals surface area contributed by atoms with Gasteiger partial charge in [0.25, 0.3) is 0 Å². The standard InChI is InChI=1S/C19H21N.CH3.3ClH.Ti/c1-13-12-17-16-10-6-7-11-18(16)20(19(17)14(13)2)15-8-4-3-5-9-15;;;;;/h3-11,13-14,17,19H,12H2,1-2H3;1H3;3*1H;/q;-1;;;;+4/p-3. The molecule has 0 spiro atoms. The third-order valence-corrected chi connectivity index (χ3v) is 5.40. The summed E-state index contributed by atoms with van der Waals surface area (Å²) in [7, 11) is 14.9. The van der Waals surface area contributed by atoms with Gasteiger partial charge in [-0.05, 0) is 42.0 Å². The van der Waals surface area contributed by atoms with Gasteiger partial charge in [-0.2, -0.15) is 0 Å². The topological polar surface area (TPSA) is 3.24 Å². The number of fused-ring (bicyclic) bond motifs is 3. The number of nitrogens with zero attached hydrogens (tertiary/aromatic N) is 1. The van der Waals surface area contributed by atoms with Gasteiger partial charge in [0.1, 0.15) is 0 Å². The Kier molecular flexibility index (Phi) is 7.74. The Balaban J connectivity index is 0.000000411. The molecular weight excluding hydrogens is 408 g/mol. The van der Waals surface area contributed by atoms with Crippen molar-refractivity contribution < 1.29 is 14.7 Å². The third kappa shape index (κ3) is 4.39. The van der Waals surface area contributed by atoms with Gasteiger partial charge in [-0.3, -0.25) is 0 Å². The van der Waals surface area contributed by atoms with E-state index in [9.17, 15) is 0 Å². The predicted octanol–water partition coefficient (Wildman–Crippen LogP) is 7.48. The Bertz CT molecular complexity index is 677. The summed E-state index contributed by atoms with van der Waals surface area (Å²) in [5.74, 6) is 2.26. The Morgan fingerprint density at radius 2 is 1.48 bits per heavy atom. The zero-order valence-electron chi connectivity index (χ0n) is 14.8. The molecule has 25 heavy (non-hydrogen) atoms. The van der Waals surface area contributed by atoms with Crippen LogP contribution in [0.2, 0.25) is 0 Å². The Hall–Kier alpha value is -0.176. The van der Waals surface area contributed by atoms with Crippen LogP contribution in [0.5, 0.6) is 0 Å². The first-order valence-corrected chi connectivity index (χ1v) is 14.7. The van der Waals surface area contributed by atoms with E-state index in [1.807, 2.05) is 0 Å². The minimum atomic E-state index is -1.92. The first kappa shape index (κ1) is 21.1. The van der Waals surface area contributed by atoms with E-state index in [-0.39, 0.29) is 7.43 Å². The van der Waals surface area contributed by atoms with Crippen molar-refractivity contribution in [3.8, 4) is 0 Å². The molecule has 2 aliphatic rings. The van der Waals surface area contributed by atoms with Crippen LogP contribution in [0.25, 0.3) is 0 Å². The van der Waals surface area contributed by atoms with Gasteiger partial charge in [0.05, 0.1) is 0 Å². The summed E-state index contributed by atoms with van der Waals surface area (Å²) >= 11 is -1.92. The van der Waals surface area contributed by atoms with E-state index in [0.29, 0.717) is 12.0 Å². The second-order valence-electron chi connectivity index (χ2n) is 6.65. The third-order valence-electron chi connectivity index (χ3n) is 5.40. The molecule has 1 aliphatic heterocycles. The average Bonchev–Trinajstić information content (AvgIpc) is 3.03. The van der Waals surface area contributed by atoms with Gasteiger partial charge in [0.15, 0.2) is 0 Å². The van der Waals surface area contributed by atoms with Gasteiger partial charge in [-0.1, -0.05) is 50.2 Å². The number of benzene rings is 2. The molecule has 4 rings (SSSR count). The molecule has 1 heterocycles. The SMILES string of the molecule is CC1CC2c3ccccc3N(c3ccccc3)C2C1C.[CH3-].[Cl][Ti+]([Cl])[Cl]. The molecular formula is C20H24Cl3NTi. The summed E-state index contributed by atoms with van der Waals surface area (Å²) < 4.78 is 0. The Labute approximate surface area is 169 Å². The van der Waals surface area contributed by atoms with Crippen molar-refractivity contribution in [2.75, 3.05) is 4.90 Å². The van der Waals surface area contributed by atoms with Crippen LogP contribution in [0.1, 0.15) is 31.7 Å². The van der Waals surface area contributed by atoms with E-state index in [4.69, 9.17) is 27.9 Å². The first-order valence-electron chi connectivity index (χ1n) is 8.27. The molecule has 2 aromatic carbocycles.